The Morgan fingerprint density at radius 3 is 2.18 bits per heavy atom. The topological polar surface area (TPSA) is 123 Å². The minimum Gasteiger partial charge on any atom is -0.457 e. The normalized spacial score (nSPS) is 10.1. The number of rotatable bonds is 7. The monoisotopic (exact) mass is 449 g/mol. The molecule has 34 heavy (non-hydrogen) atoms. The molecule has 0 radical (unpaired) electrons. The van der Waals surface area contributed by atoms with Crippen molar-refractivity contribution >= 4 is 17.4 Å². The molecule has 3 aromatic carbocycles. The lowest BCUT2D eigenvalue weighted by Crippen LogP contribution is -2.12. The molecule has 8 heteroatoms. The van der Waals surface area contributed by atoms with Crippen molar-refractivity contribution in [1.29, 1.82) is 5.26 Å². The zero-order valence-corrected chi connectivity index (χ0v) is 17.9. The van der Waals surface area contributed by atoms with Crippen LogP contribution < -0.4 is 20.5 Å². The van der Waals surface area contributed by atoms with Crippen LogP contribution in [0.3, 0.4) is 0 Å². The second kappa shape index (κ2) is 9.97. The van der Waals surface area contributed by atoms with Gasteiger partial charge in [-0.25, -0.2) is 9.97 Å². The summed E-state index contributed by atoms with van der Waals surface area (Å²) < 4.78 is 11.8. The molecule has 0 saturated carbocycles. The Balaban J connectivity index is 1.53. The van der Waals surface area contributed by atoms with Crippen LogP contribution in [0.2, 0.25) is 0 Å². The molecule has 0 fully saturated rings. The van der Waals surface area contributed by atoms with Gasteiger partial charge in [-0.15, -0.1) is 0 Å². The number of hydrogen-bond donors (Lipinski definition) is 2. The molecule has 0 aliphatic heterocycles. The molecule has 0 aliphatic carbocycles. The fraction of sp³-hybridized carbons (Fsp3) is 0. The fourth-order valence-electron chi connectivity index (χ4n) is 3.02. The van der Waals surface area contributed by atoms with Crippen LogP contribution in [0.4, 0.5) is 11.5 Å². The number of aromatic nitrogens is 2. The van der Waals surface area contributed by atoms with Crippen LogP contribution in [-0.4, -0.2) is 15.9 Å². The van der Waals surface area contributed by atoms with Gasteiger partial charge in [0, 0.05) is 5.69 Å². The number of nitrogens with one attached hydrogen (secondary N) is 1. The number of benzene rings is 3. The van der Waals surface area contributed by atoms with E-state index in [0.717, 1.165) is 11.3 Å². The van der Waals surface area contributed by atoms with Gasteiger partial charge in [-0.05, 0) is 54.1 Å². The van der Waals surface area contributed by atoms with E-state index in [9.17, 15) is 4.79 Å². The highest BCUT2D eigenvalue weighted by molar-refractivity contribution is 6.06. The predicted octanol–water partition coefficient (Wildman–Crippen LogP) is 5.33. The lowest BCUT2D eigenvalue weighted by atomic mass is 10.1. The fourth-order valence-corrected chi connectivity index (χ4v) is 3.02. The maximum atomic E-state index is 11.8. The molecule has 0 unspecified atom stereocenters. The first-order chi connectivity index (χ1) is 16.5. The van der Waals surface area contributed by atoms with E-state index in [4.69, 9.17) is 20.5 Å². The predicted molar refractivity (Wildman–Crippen MR) is 128 cm³/mol. The van der Waals surface area contributed by atoms with Crippen molar-refractivity contribution in [2.75, 3.05) is 11.1 Å². The molecule has 4 aromatic rings. The summed E-state index contributed by atoms with van der Waals surface area (Å²) in [4.78, 5) is 20.1. The third kappa shape index (κ3) is 5.18. The van der Waals surface area contributed by atoms with Crippen LogP contribution in [0.1, 0.15) is 0 Å². The van der Waals surface area contributed by atoms with Gasteiger partial charge in [0.25, 0.3) is 5.91 Å². The molecular weight excluding hydrogens is 430 g/mol. The van der Waals surface area contributed by atoms with Crippen molar-refractivity contribution < 1.29 is 14.3 Å². The van der Waals surface area contributed by atoms with Gasteiger partial charge in [0.15, 0.2) is 0 Å². The summed E-state index contributed by atoms with van der Waals surface area (Å²) in [6.07, 6.45) is 1.32. The van der Waals surface area contributed by atoms with Crippen molar-refractivity contribution in [3.63, 3.8) is 0 Å². The van der Waals surface area contributed by atoms with E-state index in [0.29, 0.717) is 22.7 Å². The molecule has 0 spiro atoms. The quantitative estimate of drug-likeness (QED) is 0.289. The lowest BCUT2D eigenvalue weighted by Gasteiger charge is -2.13. The number of nitrogen functional groups attached to an aromatic ring is 1. The number of amides is 1. The van der Waals surface area contributed by atoms with Crippen molar-refractivity contribution in [3.05, 3.63) is 97.3 Å². The molecule has 166 valence electrons. The molecule has 1 heterocycles. The highest BCUT2D eigenvalue weighted by Gasteiger charge is 2.15. The summed E-state index contributed by atoms with van der Waals surface area (Å²) in [6, 6.07) is 25.1. The molecule has 0 atom stereocenters. The minimum atomic E-state index is -0.568. The molecule has 0 aliphatic rings. The van der Waals surface area contributed by atoms with Crippen LogP contribution in [0, 0.1) is 11.3 Å². The van der Waals surface area contributed by atoms with Crippen molar-refractivity contribution in [2.24, 2.45) is 0 Å². The van der Waals surface area contributed by atoms with Crippen LogP contribution in [0.15, 0.2) is 97.3 Å². The van der Waals surface area contributed by atoms with Crippen molar-refractivity contribution in [2.45, 2.75) is 0 Å². The number of nitrogens with two attached hydrogens (primary N) is 1. The molecule has 4 rings (SSSR count). The minimum absolute atomic E-state index is 0.179. The van der Waals surface area contributed by atoms with Crippen LogP contribution >= 0.6 is 0 Å². The highest BCUT2D eigenvalue weighted by Crippen LogP contribution is 2.36. The number of carbonyl (C=O) groups excluding carboxylic acids is 1. The summed E-state index contributed by atoms with van der Waals surface area (Å²) in [5, 5.41) is 11.3. The Kier molecular flexibility index (Phi) is 6.47. The third-order valence-corrected chi connectivity index (χ3v) is 4.70. The van der Waals surface area contributed by atoms with E-state index < -0.39 is 5.91 Å². The SMILES string of the molecule is C=C(C#N)C(=O)Nc1ccc(Oc2ncnc(N)c2-c2ccc(Oc3ccccc3)cc2)cc1. The molecule has 0 bridgehead atoms. The van der Waals surface area contributed by atoms with Gasteiger partial charge in [0.1, 0.15) is 41.0 Å². The maximum absolute atomic E-state index is 11.8. The van der Waals surface area contributed by atoms with E-state index >= 15 is 0 Å². The van der Waals surface area contributed by atoms with E-state index in [2.05, 4.69) is 21.9 Å². The summed E-state index contributed by atoms with van der Waals surface area (Å²) in [6.45, 7) is 3.38. The van der Waals surface area contributed by atoms with E-state index in [-0.39, 0.29) is 17.3 Å². The smallest absolute Gasteiger partial charge is 0.265 e. The Morgan fingerprint density at radius 2 is 1.50 bits per heavy atom. The van der Waals surface area contributed by atoms with Crippen molar-refractivity contribution in [3.8, 4) is 40.3 Å². The number of nitrogens with zero attached hydrogens (tertiary/aromatic N) is 3. The van der Waals surface area contributed by atoms with Gasteiger partial charge in [0.05, 0.1) is 5.56 Å². The van der Waals surface area contributed by atoms with Crippen LogP contribution in [0.5, 0.6) is 23.1 Å². The van der Waals surface area contributed by atoms with Gasteiger partial charge in [-0.1, -0.05) is 36.9 Å². The molecule has 8 nitrogen and oxygen atoms in total. The summed E-state index contributed by atoms with van der Waals surface area (Å²) in [5.41, 5.74) is 7.75. The van der Waals surface area contributed by atoms with Gasteiger partial charge in [-0.3, -0.25) is 4.79 Å². The first kappa shape index (κ1) is 22.0. The van der Waals surface area contributed by atoms with Gasteiger partial charge < -0.3 is 20.5 Å². The molecule has 0 saturated heterocycles. The maximum Gasteiger partial charge on any atom is 0.265 e. The molecular formula is C26H19N5O3. The number of hydrogen-bond acceptors (Lipinski definition) is 7. The number of ether oxygens (including phenoxy) is 2. The van der Waals surface area contributed by atoms with Gasteiger partial charge in [-0.2, -0.15) is 5.26 Å². The summed E-state index contributed by atoms with van der Waals surface area (Å²) >= 11 is 0. The van der Waals surface area contributed by atoms with E-state index in [1.165, 1.54) is 6.33 Å². The largest absolute Gasteiger partial charge is 0.457 e. The lowest BCUT2D eigenvalue weighted by molar-refractivity contribution is -0.112. The van der Waals surface area contributed by atoms with Gasteiger partial charge in [0.2, 0.25) is 5.88 Å². The Hall–Kier alpha value is -5.16. The number of para-hydroxylation sites is 1. The first-order valence-electron chi connectivity index (χ1n) is 10.2. The third-order valence-electron chi connectivity index (χ3n) is 4.70. The van der Waals surface area contributed by atoms with Gasteiger partial charge >= 0.3 is 0 Å². The average molecular weight is 449 g/mol. The molecule has 1 aromatic heterocycles. The second-order valence-corrected chi connectivity index (χ2v) is 7.05. The summed E-state index contributed by atoms with van der Waals surface area (Å²) in [7, 11) is 0. The second-order valence-electron chi connectivity index (χ2n) is 7.05. The number of carbonyl (C=O) groups is 1. The Morgan fingerprint density at radius 1 is 0.882 bits per heavy atom. The number of nitriles is 1. The van der Waals surface area contributed by atoms with E-state index in [1.54, 1.807) is 30.3 Å². The summed E-state index contributed by atoms with van der Waals surface area (Å²) in [5.74, 6) is 1.85. The molecule has 3 N–H and O–H groups in total. The highest BCUT2D eigenvalue weighted by atomic mass is 16.5. The number of anilines is 2. The standard InChI is InChI=1S/C26H19N5O3/c1-17(15-27)25(32)31-19-9-13-22(14-10-19)34-26-23(24(28)29-16-30-26)18-7-11-21(12-8-18)33-20-5-3-2-4-6-20/h2-14,16H,1H2,(H,31,32)(H2,28,29,30). The van der Waals surface area contributed by atoms with Crippen LogP contribution in [0.25, 0.3) is 11.1 Å². The zero-order chi connectivity index (χ0) is 23.9. The van der Waals surface area contributed by atoms with Crippen molar-refractivity contribution in [1.82, 2.24) is 9.97 Å². The van der Waals surface area contributed by atoms with E-state index in [1.807, 2.05) is 54.6 Å². The molecule has 1 amide bonds. The Labute approximate surface area is 195 Å². The Bertz CT molecular complexity index is 1360. The average Bonchev–Trinajstić information content (AvgIpc) is 2.86. The van der Waals surface area contributed by atoms with Crippen LogP contribution in [-0.2, 0) is 4.79 Å². The zero-order valence-electron chi connectivity index (χ0n) is 17.9. The first-order valence-corrected chi connectivity index (χ1v) is 10.2.